The number of phosphoric ester groups is 1. The Kier molecular flexibility index (Phi) is 5.48. The first kappa shape index (κ1) is 18.9. The van der Waals surface area contributed by atoms with E-state index in [1.165, 1.54) is 18.2 Å². The molecule has 0 aromatic heterocycles. The molecule has 3 N–H and O–H groups in total. The van der Waals surface area contributed by atoms with Crippen molar-refractivity contribution in [2.24, 2.45) is 0 Å². The van der Waals surface area contributed by atoms with Gasteiger partial charge in [0.15, 0.2) is 0 Å². The second kappa shape index (κ2) is 7.23. The summed E-state index contributed by atoms with van der Waals surface area (Å²) in [4.78, 5) is 29.0. The van der Waals surface area contributed by atoms with Crippen molar-refractivity contribution in [2.45, 2.75) is 19.3 Å². The van der Waals surface area contributed by atoms with Crippen molar-refractivity contribution >= 4 is 19.4 Å². The van der Waals surface area contributed by atoms with E-state index in [2.05, 4.69) is 16.4 Å². The molecule has 0 spiro atoms. The van der Waals surface area contributed by atoms with Gasteiger partial charge in [0.2, 0.25) is 5.91 Å². The van der Waals surface area contributed by atoms with Crippen molar-refractivity contribution in [1.29, 1.82) is 0 Å². The van der Waals surface area contributed by atoms with Crippen LogP contribution in [0.4, 0.5) is 5.69 Å². The number of anilines is 1. The second-order valence-corrected chi connectivity index (χ2v) is 7.17. The van der Waals surface area contributed by atoms with Gasteiger partial charge in [-0.3, -0.25) is 14.6 Å². The summed E-state index contributed by atoms with van der Waals surface area (Å²) in [6.07, 6.45) is 1.21. The SMILES string of the molecule is C=CC(=O)Nc1ccc(C(C)(C)c2ccc(OP(=O)(O)O)cc2)cc1. The van der Waals surface area contributed by atoms with Crippen LogP contribution < -0.4 is 9.84 Å². The second-order valence-electron chi connectivity index (χ2n) is 6.00. The zero-order chi connectivity index (χ0) is 18.7. The molecule has 0 radical (unpaired) electrons. The van der Waals surface area contributed by atoms with E-state index in [1.54, 1.807) is 12.1 Å². The summed E-state index contributed by atoms with van der Waals surface area (Å²) in [6, 6.07) is 14.0. The van der Waals surface area contributed by atoms with Crippen LogP contribution in [-0.2, 0) is 14.8 Å². The van der Waals surface area contributed by atoms with Gasteiger partial charge in [0, 0.05) is 11.1 Å². The molecule has 0 saturated heterocycles. The molecule has 6 nitrogen and oxygen atoms in total. The van der Waals surface area contributed by atoms with E-state index in [9.17, 15) is 9.36 Å². The lowest BCUT2D eigenvalue weighted by Gasteiger charge is -2.26. The number of rotatable bonds is 6. The van der Waals surface area contributed by atoms with Crippen LogP contribution in [0.1, 0.15) is 25.0 Å². The summed E-state index contributed by atoms with van der Waals surface area (Å²) in [7, 11) is -4.56. The predicted octanol–water partition coefficient (Wildman–Crippen LogP) is 3.61. The van der Waals surface area contributed by atoms with Crippen molar-refractivity contribution in [1.82, 2.24) is 0 Å². The van der Waals surface area contributed by atoms with E-state index >= 15 is 0 Å². The van der Waals surface area contributed by atoms with Gasteiger partial charge < -0.3 is 9.84 Å². The lowest BCUT2D eigenvalue weighted by atomic mass is 9.78. The molecular formula is C18H20NO5P. The number of carbonyl (C=O) groups excluding carboxylic acids is 1. The van der Waals surface area contributed by atoms with E-state index in [0.717, 1.165) is 11.1 Å². The third kappa shape index (κ3) is 5.03. The zero-order valence-electron chi connectivity index (χ0n) is 14.0. The highest BCUT2D eigenvalue weighted by atomic mass is 31.2. The van der Waals surface area contributed by atoms with Gasteiger partial charge in [0.1, 0.15) is 5.75 Å². The maximum absolute atomic E-state index is 11.3. The van der Waals surface area contributed by atoms with E-state index in [1.807, 2.05) is 38.1 Å². The Bertz CT molecular complexity index is 806. The van der Waals surface area contributed by atoms with Gasteiger partial charge in [0.25, 0.3) is 0 Å². The average Bonchev–Trinajstić information content (AvgIpc) is 2.54. The average molecular weight is 361 g/mol. The molecule has 0 saturated carbocycles. The lowest BCUT2D eigenvalue weighted by molar-refractivity contribution is -0.111. The van der Waals surface area contributed by atoms with Crippen LogP contribution in [-0.4, -0.2) is 15.7 Å². The van der Waals surface area contributed by atoms with Gasteiger partial charge in [-0.1, -0.05) is 44.7 Å². The Morgan fingerprint density at radius 1 is 1.08 bits per heavy atom. The van der Waals surface area contributed by atoms with Crippen LogP contribution >= 0.6 is 7.82 Å². The summed E-state index contributed by atoms with van der Waals surface area (Å²) in [5.41, 5.74) is 2.30. The normalized spacial score (nSPS) is 11.7. The fourth-order valence-corrected chi connectivity index (χ4v) is 2.80. The highest BCUT2D eigenvalue weighted by molar-refractivity contribution is 7.46. The molecule has 25 heavy (non-hydrogen) atoms. The van der Waals surface area contributed by atoms with Gasteiger partial charge in [0.05, 0.1) is 0 Å². The Balaban J connectivity index is 2.21. The minimum Gasteiger partial charge on any atom is -0.404 e. The molecule has 132 valence electrons. The Morgan fingerprint density at radius 3 is 2.00 bits per heavy atom. The van der Waals surface area contributed by atoms with Crippen molar-refractivity contribution < 1.29 is 23.7 Å². The first-order valence-corrected chi connectivity index (χ1v) is 9.04. The van der Waals surface area contributed by atoms with Gasteiger partial charge in [-0.25, -0.2) is 4.57 Å². The number of benzene rings is 2. The molecule has 0 aliphatic carbocycles. The Hall–Kier alpha value is -2.40. The van der Waals surface area contributed by atoms with Gasteiger partial charge in [-0.15, -0.1) is 0 Å². The number of nitrogens with one attached hydrogen (secondary N) is 1. The minimum absolute atomic E-state index is 0.107. The maximum atomic E-state index is 11.3. The van der Waals surface area contributed by atoms with Crippen LogP contribution in [0.5, 0.6) is 5.75 Å². The third-order valence-electron chi connectivity index (χ3n) is 3.86. The fraction of sp³-hybridized carbons (Fsp3) is 0.167. The largest absolute Gasteiger partial charge is 0.524 e. The molecule has 2 aromatic carbocycles. The van der Waals surface area contributed by atoms with Crippen LogP contribution in [0, 0.1) is 0 Å². The smallest absolute Gasteiger partial charge is 0.404 e. The van der Waals surface area contributed by atoms with E-state index in [0.29, 0.717) is 5.69 Å². The number of hydrogen-bond acceptors (Lipinski definition) is 3. The summed E-state index contributed by atoms with van der Waals surface area (Å²) < 4.78 is 15.4. The number of phosphoric acid groups is 1. The Labute approximate surface area is 146 Å². The number of amides is 1. The summed E-state index contributed by atoms with van der Waals surface area (Å²) in [6.45, 7) is 7.47. The lowest BCUT2D eigenvalue weighted by Crippen LogP contribution is -2.19. The first-order chi connectivity index (χ1) is 11.6. The quantitative estimate of drug-likeness (QED) is 0.540. The van der Waals surface area contributed by atoms with Crippen molar-refractivity contribution in [2.75, 3.05) is 5.32 Å². The van der Waals surface area contributed by atoms with Crippen LogP contribution in [0.3, 0.4) is 0 Å². The Morgan fingerprint density at radius 2 is 1.56 bits per heavy atom. The molecule has 0 aliphatic rings. The molecule has 0 fully saturated rings. The van der Waals surface area contributed by atoms with Crippen molar-refractivity contribution in [3.05, 3.63) is 72.3 Å². The highest BCUT2D eigenvalue weighted by Crippen LogP contribution is 2.39. The molecule has 0 unspecified atom stereocenters. The molecule has 7 heteroatoms. The van der Waals surface area contributed by atoms with Gasteiger partial charge in [-0.05, 0) is 41.5 Å². The summed E-state index contributed by atoms with van der Waals surface area (Å²) in [5, 5.41) is 2.69. The summed E-state index contributed by atoms with van der Waals surface area (Å²) >= 11 is 0. The molecule has 0 bridgehead atoms. The van der Waals surface area contributed by atoms with Crippen LogP contribution in [0.25, 0.3) is 0 Å². The molecule has 1 amide bonds. The number of carbonyl (C=O) groups is 1. The molecule has 2 rings (SSSR count). The highest BCUT2D eigenvalue weighted by Gasteiger charge is 2.24. The third-order valence-corrected chi connectivity index (χ3v) is 4.31. The maximum Gasteiger partial charge on any atom is 0.524 e. The van der Waals surface area contributed by atoms with Crippen molar-refractivity contribution in [3.8, 4) is 5.75 Å². The topological polar surface area (TPSA) is 95.9 Å². The van der Waals surface area contributed by atoms with E-state index in [-0.39, 0.29) is 17.1 Å². The van der Waals surface area contributed by atoms with Crippen LogP contribution in [0.15, 0.2) is 61.2 Å². The minimum atomic E-state index is -4.56. The van der Waals surface area contributed by atoms with Gasteiger partial charge >= 0.3 is 7.82 Å². The molecule has 2 aromatic rings. The monoisotopic (exact) mass is 361 g/mol. The summed E-state index contributed by atoms with van der Waals surface area (Å²) in [5.74, 6) is -0.164. The van der Waals surface area contributed by atoms with Crippen LogP contribution in [0.2, 0.25) is 0 Å². The predicted molar refractivity (Wildman–Crippen MR) is 96.5 cm³/mol. The molecule has 0 atom stereocenters. The molecule has 0 heterocycles. The standard InChI is InChI=1S/C18H20NO5P/c1-4-17(20)19-15-9-5-13(6-10-15)18(2,3)14-7-11-16(12-8-14)24-25(21,22)23/h4-12H,1H2,2-3H3,(H,19,20)(H2,21,22,23). The fourth-order valence-electron chi connectivity index (χ4n) is 2.40. The molecular weight excluding hydrogens is 341 g/mol. The number of hydrogen-bond donors (Lipinski definition) is 3. The molecule has 0 aliphatic heterocycles. The van der Waals surface area contributed by atoms with Crippen molar-refractivity contribution in [3.63, 3.8) is 0 Å². The van der Waals surface area contributed by atoms with E-state index in [4.69, 9.17) is 9.79 Å². The first-order valence-electron chi connectivity index (χ1n) is 7.51. The van der Waals surface area contributed by atoms with E-state index < -0.39 is 7.82 Å². The van der Waals surface area contributed by atoms with Gasteiger partial charge in [-0.2, -0.15) is 0 Å². The zero-order valence-corrected chi connectivity index (χ0v) is 14.9.